The van der Waals surface area contributed by atoms with Crippen LogP contribution >= 0.6 is 23.2 Å². The van der Waals surface area contributed by atoms with Gasteiger partial charge in [-0.1, -0.05) is 29.3 Å². The largest absolute Gasteiger partial charge is 0.242 e. The van der Waals surface area contributed by atoms with Crippen LogP contribution in [-0.4, -0.2) is 13.1 Å². The summed E-state index contributed by atoms with van der Waals surface area (Å²) in [6.45, 7) is 1.99. The van der Waals surface area contributed by atoms with E-state index in [0.29, 0.717) is 5.92 Å². The molecule has 0 atom stereocenters. The summed E-state index contributed by atoms with van der Waals surface area (Å²) in [6, 6.07) is 5.72. The molecule has 1 fully saturated rings. The second kappa shape index (κ2) is 5.20. The molecule has 0 spiro atoms. The molecule has 0 aliphatic carbocycles. The van der Waals surface area contributed by atoms with Gasteiger partial charge in [0.25, 0.3) is 0 Å². The SMILES string of the molecule is Clc1cccc(Cl)c1CC1CC[N]CC1. The molecule has 0 N–H and O–H groups in total. The van der Waals surface area contributed by atoms with Crippen LogP contribution in [0, 0.1) is 5.92 Å². The monoisotopic (exact) mass is 242 g/mol. The van der Waals surface area contributed by atoms with Crippen molar-refractivity contribution in [1.82, 2.24) is 5.32 Å². The lowest BCUT2D eigenvalue weighted by atomic mass is 9.91. The Morgan fingerprint density at radius 2 is 1.73 bits per heavy atom. The number of nitrogens with zero attached hydrogens (tertiary/aromatic N) is 1. The van der Waals surface area contributed by atoms with Crippen LogP contribution in [0.4, 0.5) is 0 Å². The minimum Gasteiger partial charge on any atom is -0.242 e. The van der Waals surface area contributed by atoms with Gasteiger partial charge in [0.1, 0.15) is 0 Å². The van der Waals surface area contributed by atoms with Crippen LogP contribution in [0.25, 0.3) is 0 Å². The molecule has 1 aromatic carbocycles. The number of halogens is 2. The predicted octanol–water partition coefficient (Wildman–Crippen LogP) is 3.55. The second-order valence-corrected chi connectivity index (χ2v) is 4.83. The van der Waals surface area contributed by atoms with E-state index in [1.54, 1.807) is 0 Å². The van der Waals surface area contributed by atoms with Crippen molar-refractivity contribution in [3.63, 3.8) is 0 Å². The van der Waals surface area contributed by atoms with Gasteiger partial charge >= 0.3 is 0 Å². The molecule has 0 aromatic heterocycles. The van der Waals surface area contributed by atoms with Gasteiger partial charge in [-0.3, -0.25) is 0 Å². The first-order valence-corrected chi connectivity index (χ1v) is 6.09. The first kappa shape index (κ1) is 11.3. The lowest BCUT2D eigenvalue weighted by Crippen LogP contribution is -2.23. The fourth-order valence-electron chi connectivity index (χ4n) is 2.02. The maximum absolute atomic E-state index is 6.14. The molecule has 1 saturated heterocycles. The van der Waals surface area contributed by atoms with Crippen LogP contribution in [-0.2, 0) is 6.42 Å². The third-order valence-corrected chi connectivity index (χ3v) is 3.65. The molecule has 1 heterocycles. The van der Waals surface area contributed by atoms with E-state index in [4.69, 9.17) is 23.2 Å². The van der Waals surface area contributed by atoms with E-state index in [-0.39, 0.29) is 0 Å². The van der Waals surface area contributed by atoms with E-state index in [2.05, 4.69) is 5.32 Å². The summed E-state index contributed by atoms with van der Waals surface area (Å²) in [5.74, 6) is 0.694. The van der Waals surface area contributed by atoms with Crippen molar-refractivity contribution in [2.75, 3.05) is 13.1 Å². The average Bonchev–Trinajstić information content (AvgIpc) is 2.25. The highest BCUT2D eigenvalue weighted by molar-refractivity contribution is 6.35. The van der Waals surface area contributed by atoms with Crippen molar-refractivity contribution in [3.05, 3.63) is 33.8 Å². The topological polar surface area (TPSA) is 14.1 Å². The zero-order valence-corrected chi connectivity index (χ0v) is 10.1. The van der Waals surface area contributed by atoms with Crippen molar-refractivity contribution in [2.24, 2.45) is 5.92 Å². The first-order chi connectivity index (χ1) is 7.27. The standard InChI is InChI=1S/C12H14Cl2N/c13-11-2-1-3-12(14)10(11)8-9-4-6-15-7-5-9/h1-3,9H,4-8H2. The normalized spacial score (nSPS) is 18.0. The number of piperidine rings is 1. The van der Waals surface area contributed by atoms with E-state index in [1.807, 2.05) is 18.2 Å². The van der Waals surface area contributed by atoms with Crippen LogP contribution in [0.5, 0.6) is 0 Å². The van der Waals surface area contributed by atoms with Crippen molar-refractivity contribution >= 4 is 23.2 Å². The van der Waals surface area contributed by atoms with Gasteiger partial charge in [-0.15, -0.1) is 0 Å². The van der Waals surface area contributed by atoms with Gasteiger partial charge in [-0.2, -0.15) is 0 Å². The van der Waals surface area contributed by atoms with Crippen LogP contribution in [0.15, 0.2) is 18.2 Å². The van der Waals surface area contributed by atoms with Gasteiger partial charge in [0, 0.05) is 23.1 Å². The summed E-state index contributed by atoms with van der Waals surface area (Å²) in [5, 5.41) is 5.94. The third kappa shape index (κ3) is 2.87. The highest BCUT2D eigenvalue weighted by atomic mass is 35.5. The van der Waals surface area contributed by atoms with Gasteiger partial charge < -0.3 is 0 Å². The molecule has 0 saturated carbocycles. The van der Waals surface area contributed by atoms with E-state index in [0.717, 1.165) is 35.1 Å². The van der Waals surface area contributed by atoms with E-state index >= 15 is 0 Å². The van der Waals surface area contributed by atoms with Crippen LogP contribution in [0.1, 0.15) is 18.4 Å². The maximum atomic E-state index is 6.14. The fraction of sp³-hybridized carbons (Fsp3) is 0.500. The molecule has 1 radical (unpaired) electrons. The Labute approximate surface area is 101 Å². The molecule has 3 heteroatoms. The molecule has 1 nitrogen and oxygen atoms in total. The molecule has 81 valence electrons. The molecular formula is C12H14Cl2N. The number of benzene rings is 1. The quantitative estimate of drug-likeness (QED) is 0.754. The Balaban J connectivity index is 2.09. The van der Waals surface area contributed by atoms with Crippen LogP contribution < -0.4 is 5.32 Å². The smallest absolute Gasteiger partial charge is 0.0452 e. The zero-order valence-electron chi connectivity index (χ0n) is 8.55. The van der Waals surface area contributed by atoms with Gasteiger partial charge in [0.2, 0.25) is 0 Å². The number of rotatable bonds is 2. The highest BCUT2D eigenvalue weighted by Gasteiger charge is 2.16. The van der Waals surface area contributed by atoms with Crippen molar-refractivity contribution in [1.29, 1.82) is 0 Å². The molecule has 2 rings (SSSR count). The number of hydrogen-bond donors (Lipinski definition) is 0. The first-order valence-electron chi connectivity index (χ1n) is 5.33. The molecular weight excluding hydrogens is 229 g/mol. The lowest BCUT2D eigenvalue weighted by molar-refractivity contribution is 0.368. The van der Waals surface area contributed by atoms with Crippen molar-refractivity contribution < 1.29 is 0 Å². The second-order valence-electron chi connectivity index (χ2n) is 4.02. The molecule has 15 heavy (non-hydrogen) atoms. The minimum atomic E-state index is 0.694. The molecule has 0 unspecified atom stereocenters. The summed E-state index contributed by atoms with van der Waals surface area (Å²) in [5.41, 5.74) is 1.10. The zero-order chi connectivity index (χ0) is 10.7. The van der Waals surface area contributed by atoms with E-state index in [1.165, 1.54) is 12.8 Å². The maximum Gasteiger partial charge on any atom is 0.0452 e. The molecule has 1 aromatic rings. The van der Waals surface area contributed by atoms with E-state index in [9.17, 15) is 0 Å². The molecule has 0 bridgehead atoms. The van der Waals surface area contributed by atoms with Gasteiger partial charge in [-0.25, -0.2) is 5.32 Å². The lowest BCUT2D eigenvalue weighted by Gasteiger charge is -2.22. The molecule has 1 aliphatic rings. The Kier molecular flexibility index (Phi) is 3.90. The Hall–Kier alpha value is -0.240. The summed E-state index contributed by atoms with van der Waals surface area (Å²) in [4.78, 5) is 0. The fourth-order valence-corrected chi connectivity index (χ4v) is 2.58. The Bertz CT molecular complexity index is 312. The average molecular weight is 243 g/mol. The summed E-state index contributed by atoms with van der Waals surface area (Å²) >= 11 is 12.3. The summed E-state index contributed by atoms with van der Waals surface area (Å²) in [6.07, 6.45) is 3.33. The van der Waals surface area contributed by atoms with Crippen molar-refractivity contribution in [2.45, 2.75) is 19.3 Å². The molecule has 0 amide bonds. The van der Waals surface area contributed by atoms with Crippen LogP contribution in [0.3, 0.4) is 0 Å². The molecule has 1 aliphatic heterocycles. The number of hydrogen-bond acceptors (Lipinski definition) is 0. The Morgan fingerprint density at radius 1 is 1.13 bits per heavy atom. The van der Waals surface area contributed by atoms with E-state index < -0.39 is 0 Å². The predicted molar refractivity (Wildman–Crippen MR) is 64.8 cm³/mol. The van der Waals surface area contributed by atoms with Gasteiger partial charge in [0.15, 0.2) is 0 Å². The summed E-state index contributed by atoms with van der Waals surface area (Å²) < 4.78 is 0. The third-order valence-electron chi connectivity index (χ3n) is 2.95. The summed E-state index contributed by atoms with van der Waals surface area (Å²) in [7, 11) is 0. The highest BCUT2D eigenvalue weighted by Crippen LogP contribution is 2.29. The minimum absolute atomic E-state index is 0.694. The van der Waals surface area contributed by atoms with Crippen molar-refractivity contribution in [3.8, 4) is 0 Å². The Morgan fingerprint density at radius 3 is 2.33 bits per heavy atom. The van der Waals surface area contributed by atoms with Gasteiger partial charge in [-0.05, 0) is 42.9 Å². The van der Waals surface area contributed by atoms with Crippen LogP contribution in [0.2, 0.25) is 10.0 Å². The van der Waals surface area contributed by atoms with Gasteiger partial charge in [0.05, 0.1) is 0 Å².